The van der Waals surface area contributed by atoms with E-state index in [0.29, 0.717) is 9.79 Å². The summed E-state index contributed by atoms with van der Waals surface area (Å²) in [4.78, 5) is 0.656. The summed E-state index contributed by atoms with van der Waals surface area (Å²) in [5.41, 5.74) is 3.91. The average molecular weight is 327 g/mol. The summed E-state index contributed by atoms with van der Waals surface area (Å²) < 4.78 is 25.7. The van der Waals surface area contributed by atoms with E-state index in [-0.39, 0.29) is 5.54 Å². The van der Waals surface area contributed by atoms with Crippen molar-refractivity contribution in [3.63, 3.8) is 0 Å². The summed E-state index contributed by atoms with van der Waals surface area (Å²) in [7, 11) is -3.50. The van der Waals surface area contributed by atoms with Crippen LogP contribution in [0.2, 0.25) is 0 Å². The van der Waals surface area contributed by atoms with Gasteiger partial charge in [-0.25, -0.2) is 8.42 Å². The van der Waals surface area contributed by atoms with Crippen molar-refractivity contribution in [3.8, 4) is 0 Å². The predicted molar refractivity (Wildman–Crippen MR) is 94.4 cm³/mol. The molecule has 1 aliphatic heterocycles. The monoisotopic (exact) mass is 327 g/mol. The Labute approximate surface area is 138 Å². The first-order valence-corrected chi connectivity index (χ1v) is 9.11. The lowest BCUT2D eigenvalue weighted by molar-refractivity contribution is 0.596. The molecule has 0 aliphatic carbocycles. The van der Waals surface area contributed by atoms with E-state index in [1.807, 2.05) is 32.0 Å². The highest BCUT2D eigenvalue weighted by atomic mass is 32.2. The standard InChI is InChI=1S/C19H21NO2S/c1-13-5-7-15(8-6-13)23(21,22)16-9-10-18-17(11-16)14(2)12-19(3,4)20-18/h5-12,20H,1-4H3. The molecule has 3 rings (SSSR count). The molecule has 0 saturated heterocycles. The van der Waals surface area contributed by atoms with Crippen molar-refractivity contribution in [1.29, 1.82) is 0 Å². The number of rotatable bonds is 2. The number of benzene rings is 2. The first kappa shape index (κ1) is 15.8. The Hall–Kier alpha value is -2.07. The van der Waals surface area contributed by atoms with Gasteiger partial charge in [0.25, 0.3) is 0 Å². The van der Waals surface area contributed by atoms with Crippen molar-refractivity contribution in [2.75, 3.05) is 5.32 Å². The fourth-order valence-electron chi connectivity index (χ4n) is 2.98. The Balaban J connectivity index is 2.09. The van der Waals surface area contributed by atoms with Gasteiger partial charge in [0.05, 0.1) is 15.3 Å². The van der Waals surface area contributed by atoms with Crippen molar-refractivity contribution in [3.05, 3.63) is 59.7 Å². The zero-order valence-electron chi connectivity index (χ0n) is 13.8. The molecule has 1 aliphatic rings. The third kappa shape index (κ3) is 2.91. The molecule has 0 aromatic heterocycles. The fraction of sp³-hybridized carbons (Fsp3) is 0.263. The average Bonchev–Trinajstić information content (AvgIpc) is 2.46. The number of nitrogens with one attached hydrogen (secondary N) is 1. The maximum Gasteiger partial charge on any atom is 0.206 e. The molecule has 0 bridgehead atoms. The fourth-order valence-corrected chi connectivity index (χ4v) is 4.27. The summed E-state index contributed by atoms with van der Waals surface area (Å²) in [6, 6.07) is 12.3. The topological polar surface area (TPSA) is 46.2 Å². The Morgan fingerprint density at radius 2 is 1.52 bits per heavy atom. The van der Waals surface area contributed by atoms with Gasteiger partial charge in [-0.2, -0.15) is 0 Å². The molecule has 0 atom stereocenters. The molecule has 0 spiro atoms. The molecule has 120 valence electrons. The number of fused-ring (bicyclic) bond motifs is 1. The second-order valence-corrected chi connectivity index (χ2v) is 8.65. The summed E-state index contributed by atoms with van der Waals surface area (Å²) in [6.45, 7) is 8.15. The molecule has 0 radical (unpaired) electrons. The second-order valence-electron chi connectivity index (χ2n) is 6.70. The number of sulfone groups is 1. The molecule has 0 saturated carbocycles. The van der Waals surface area contributed by atoms with E-state index in [4.69, 9.17) is 0 Å². The van der Waals surface area contributed by atoms with Gasteiger partial charge in [0, 0.05) is 11.3 Å². The van der Waals surface area contributed by atoms with E-state index in [0.717, 1.165) is 22.4 Å². The Kier molecular flexibility index (Phi) is 3.60. The summed E-state index contributed by atoms with van der Waals surface area (Å²) in [6.07, 6.45) is 2.12. The second kappa shape index (κ2) is 5.24. The molecular weight excluding hydrogens is 306 g/mol. The summed E-state index contributed by atoms with van der Waals surface area (Å²) in [5, 5.41) is 3.42. The molecule has 2 aromatic carbocycles. The molecule has 0 amide bonds. The smallest absolute Gasteiger partial charge is 0.206 e. The quantitative estimate of drug-likeness (QED) is 0.887. The lowest BCUT2D eigenvalue weighted by atomic mass is 9.91. The highest BCUT2D eigenvalue weighted by molar-refractivity contribution is 7.91. The van der Waals surface area contributed by atoms with Crippen LogP contribution in [0.15, 0.2) is 58.3 Å². The van der Waals surface area contributed by atoms with E-state index in [1.165, 1.54) is 0 Å². The Morgan fingerprint density at radius 3 is 2.17 bits per heavy atom. The number of aryl methyl sites for hydroxylation is 1. The van der Waals surface area contributed by atoms with E-state index in [9.17, 15) is 8.42 Å². The van der Waals surface area contributed by atoms with Gasteiger partial charge in [-0.3, -0.25) is 0 Å². The number of anilines is 1. The molecule has 23 heavy (non-hydrogen) atoms. The van der Waals surface area contributed by atoms with Gasteiger partial charge in [-0.15, -0.1) is 0 Å². The van der Waals surface area contributed by atoms with E-state index in [1.54, 1.807) is 24.3 Å². The lowest BCUT2D eigenvalue weighted by Crippen LogP contribution is -2.31. The molecular formula is C19H21NO2S. The van der Waals surface area contributed by atoms with Gasteiger partial charge < -0.3 is 5.32 Å². The number of hydrogen-bond acceptors (Lipinski definition) is 3. The zero-order valence-corrected chi connectivity index (χ0v) is 14.7. The van der Waals surface area contributed by atoms with Crippen molar-refractivity contribution in [2.24, 2.45) is 0 Å². The van der Waals surface area contributed by atoms with Crippen LogP contribution < -0.4 is 5.32 Å². The van der Waals surface area contributed by atoms with Crippen LogP contribution in [-0.4, -0.2) is 14.0 Å². The molecule has 4 heteroatoms. The minimum absolute atomic E-state index is 0.131. The van der Waals surface area contributed by atoms with Crippen LogP contribution >= 0.6 is 0 Å². The van der Waals surface area contributed by atoms with E-state index < -0.39 is 9.84 Å². The normalized spacial score (nSPS) is 16.3. The minimum Gasteiger partial charge on any atom is -0.376 e. The maximum absolute atomic E-state index is 12.8. The van der Waals surface area contributed by atoms with Crippen LogP contribution in [0.3, 0.4) is 0 Å². The van der Waals surface area contributed by atoms with E-state index >= 15 is 0 Å². The predicted octanol–water partition coefficient (Wildman–Crippen LogP) is 4.44. The summed E-state index contributed by atoms with van der Waals surface area (Å²) >= 11 is 0. The van der Waals surface area contributed by atoms with Gasteiger partial charge in [0.2, 0.25) is 9.84 Å². The summed E-state index contributed by atoms with van der Waals surface area (Å²) in [5.74, 6) is 0. The first-order valence-electron chi connectivity index (χ1n) is 7.63. The molecule has 1 heterocycles. The number of hydrogen-bond donors (Lipinski definition) is 1. The van der Waals surface area contributed by atoms with Crippen molar-refractivity contribution in [2.45, 2.75) is 43.0 Å². The van der Waals surface area contributed by atoms with Gasteiger partial charge in [-0.05, 0) is 63.6 Å². The zero-order chi connectivity index (χ0) is 16.8. The van der Waals surface area contributed by atoms with Crippen LogP contribution in [0.1, 0.15) is 31.9 Å². The largest absolute Gasteiger partial charge is 0.376 e. The Bertz CT molecular complexity index is 891. The highest BCUT2D eigenvalue weighted by Crippen LogP contribution is 2.35. The van der Waals surface area contributed by atoms with Gasteiger partial charge in [-0.1, -0.05) is 23.8 Å². The van der Waals surface area contributed by atoms with Crippen LogP contribution in [0.4, 0.5) is 5.69 Å². The van der Waals surface area contributed by atoms with Crippen molar-refractivity contribution < 1.29 is 8.42 Å². The number of allylic oxidation sites excluding steroid dienone is 1. The third-order valence-corrected chi connectivity index (χ3v) is 5.86. The lowest BCUT2D eigenvalue weighted by Gasteiger charge is -2.31. The van der Waals surface area contributed by atoms with Gasteiger partial charge in [0.1, 0.15) is 0 Å². The Morgan fingerprint density at radius 1 is 0.913 bits per heavy atom. The van der Waals surface area contributed by atoms with Crippen LogP contribution in [-0.2, 0) is 9.84 Å². The molecule has 0 unspecified atom stereocenters. The molecule has 0 fully saturated rings. The highest BCUT2D eigenvalue weighted by Gasteiger charge is 2.25. The SMILES string of the molecule is CC1=CC(C)(C)Nc2ccc(S(=O)(=O)c3ccc(C)cc3)cc21. The van der Waals surface area contributed by atoms with Crippen LogP contribution in [0, 0.1) is 6.92 Å². The molecule has 2 aromatic rings. The van der Waals surface area contributed by atoms with Crippen LogP contribution in [0.5, 0.6) is 0 Å². The van der Waals surface area contributed by atoms with Crippen LogP contribution in [0.25, 0.3) is 5.57 Å². The third-order valence-electron chi connectivity index (χ3n) is 4.09. The first-order chi connectivity index (χ1) is 10.7. The van der Waals surface area contributed by atoms with Crippen molar-refractivity contribution in [1.82, 2.24) is 0 Å². The molecule has 1 N–H and O–H groups in total. The maximum atomic E-state index is 12.8. The molecule has 3 nitrogen and oxygen atoms in total. The van der Waals surface area contributed by atoms with Crippen molar-refractivity contribution >= 4 is 21.1 Å². The van der Waals surface area contributed by atoms with E-state index in [2.05, 4.69) is 25.2 Å². The van der Waals surface area contributed by atoms with Gasteiger partial charge in [0.15, 0.2) is 0 Å². The van der Waals surface area contributed by atoms with Gasteiger partial charge >= 0.3 is 0 Å². The minimum atomic E-state index is -3.50.